The smallest absolute Gasteiger partial charge is 0.303 e. The van der Waals surface area contributed by atoms with E-state index in [1.54, 1.807) is 0 Å². The van der Waals surface area contributed by atoms with Crippen molar-refractivity contribution in [2.75, 3.05) is 39.1 Å². The van der Waals surface area contributed by atoms with Crippen LogP contribution >= 0.6 is 11.6 Å². The van der Waals surface area contributed by atoms with Crippen LogP contribution in [0.2, 0.25) is 5.02 Å². The lowest BCUT2D eigenvalue weighted by Gasteiger charge is -2.37. The number of benzene rings is 1. The maximum absolute atomic E-state index is 12.5. The lowest BCUT2D eigenvalue weighted by molar-refractivity contribution is -0.137. The van der Waals surface area contributed by atoms with Gasteiger partial charge in [-0.3, -0.25) is 14.5 Å². The number of aliphatic carboxylic acids is 1. The molecule has 4 N–H and O–H groups in total. The van der Waals surface area contributed by atoms with Gasteiger partial charge in [0.1, 0.15) is 5.75 Å². The number of hydrogen-bond acceptors (Lipinski definition) is 6. The molecule has 1 heterocycles. The van der Waals surface area contributed by atoms with Gasteiger partial charge in [-0.25, -0.2) is 0 Å². The number of anilines is 1. The fraction of sp³-hybridized carbons (Fsp3) is 0.579. The van der Waals surface area contributed by atoms with E-state index in [0.717, 1.165) is 13.0 Å². The monoisotopic (exact) mass is 413 g/mol. The van der Waals surface area contributed by atoms with E-state index < -0.39 is 5.97 Å². The van der Waals surface area contributed by atoms with Crippen molar-refractivity contribution in [1.29, 1.82) is 0 Å². The number of carboxylic acid groups (broad SMARTS) is 1. The standard InChI is InChI=1S/C19H28ClN3O5/c1-12(4-3-5-18(24)25)23-6-7-28-13(11-23)10-22-19(26)14-8-15(20)16(21)9-17(14)27-2/h8-9,12-13H,3-7,10-11,21H2,1-2H3,(H,22,26)(H,24,25)/t12?,13-/m0/s1. The summed E-state index contributed by atoms with van der Waals surface area (Å²) in [4.78, 5) is 25.5. The number of methoxy groups -OCH3 is 1. The molecule has 2 atom stereocenters. The number of halogens is 1. The van der Waals surface area contributed by atoms with Gasteiger partial charge in [-0.15, -0.1) is 0 Å². The Morgan fingerprint density at radius 2 is 2.25 bits per heavy atom. The molecule has 0 saturated carbocycles. The van der Waals surface area contributed by atoms with Gasteiger partial charge in [0.25, 0.3) is 5.91 Å². The lowest BCUT2D eigenvalue weighted by atomic mass is 10.1. The number of nitrogens with zero attached hydrogens (tertiary/aromatic N) is 1. The van der Waals surface area contributed by atoms with Crippen molar-refractivity contribution in [3.63, 3.8) is 0 Å². The lowest BCUT2D eigenvalue weighted by Crippen LogP contribution is -2.50. The molecule has 1 amide bonds. The maximum atomic E-state index is 12.5. The number of nitrogens with one attached hydrogen (secondary N) is 1. The molecule has 8 nitrogen and oxygen atoms in total. The summed E-state index contributed by atoms with van der Waals surface area (Å²) in [6, 6.07) is 3.27. The highest BCUT2D eigenvalue weighted by molar-refractivity contribution is 6.33. The SMILES string of the molecule is COc1cc(N)c(Cl)cc1C(=O)NC[C@H]1CN(C(C)CCCC(=O)O)CCO1. The zero-order chi connectivity index (χ0) is 20.7. The minimum absolute atomic E-state index is 0.144. The predicted octanol–water partition coefficient (Wildman–Crippen LogP) is 2.00. The van der Waals surface area contributed by atoms with Gasteiger partial charge in [0.15, 0.2) is 0 Å². The normalized spacial score (nSPS) is 18.5. The third-order valence-electron chi connectivity index (χ3n) is 4.86. The van der Waals surface area contributed by atoms with Crippen LogP contribution in [-0.2, 0) is 9.53 Å². The van der Waals surface area contributed by atoms with Crippen molar-refractivity contribution in [1.82, 2.24) is 10.2 Å². The van der Waals surface area contributed by atoms with Gasteiger partial charge in [-0.05, 0) is 25.8 Å². The second-order valence-electron chi connectivity index (χ2n) is 6.91. The summed E-state index contributed by atoms with van der Waals surface area (Å²) >= 11 is 6.02. The van der Waals surface area contributed by atoms with Gasteiger partial charge in [-0.1, -0.05) is 11.6 Å². The number of carbonyl (C=O) groups is 2. The van der Waals surface area contributed by atoms with Crippen molar-refractivity contribution >= 4 is 29.2 Å². The number of carbonyl (C=O) groups excluding carboxylic acids is 1. The van der Waals surface area contributed by atoms with Crippen LogP contribution in [0.15, 0.2) is 12.1 Å². The van der Waals surface area contributed by atoms with Crippen LogP contribution < -0.4 is 15.8 Å². The number of morpholine rings is 1. The molecular weight excluding hydrogens is 386 g/mol. The first kappa shape index (κ1) is 22.3. The first-order valence-electron chi connectivity index (χ1n) is 9.30. The number of ether oxygens (including phenoxy) is 2. The number of hydrogen-bond donors (Lipinski definition) is 3. The molecule has 1 aromatic rings. The summed E-state index contributed by atoms with van der Waals surface area (Å²) in [5.74, 6) is -0.723. The molecule has 1 saturated heterocycles. The van der Waals surface area contributed by atoms with E-state index in [0.29, 0.717) is 48.1 Å². The van der Waals surface area contributed by atoms with E-state index in [1.165, 1.54) is 19.2 Å². The highest BCUT2D eigenvalue weighted by Crippen LogP contribution is 2.28. The predicted molar refractivity (Wildman–Crippen MR) is 107 cm³/mol. The summed E-state index contributed by atoms with van der Waals surface area (Å²) in [5.41, 5.74) is 6.41. The maximum Gasteiger partial charge on any atom is 0.303 e. The summed E-state index contributed by atoms with van der Waals surface area (Å²) in [6.45, 7) is 4.47. The van der Waals surface area contributed by atoms with Gasteiger partial charge in [-0.2, -0.15) is 0 Å². The Morgan fingerprint density at radius 1 is 1.50 bits per heavy atom. The zero-order valence-corrected chi connectivity index (χ0v) is 17.0. The highest BCUT2D eigenvalue weighted by atomic mass is 35.5. The van der Waals surface area contributed by atoms with Crippen molar-refractivity contribution in [3.05, 3.63) is 22.7 Å². The van der Waals surface area contributed by atoms with Crippen LogP contribution in [0.5, 0.6) is 5.75 Å². The number of amides is 1. The second kappa shape index (κ2) is 10.5. The van der Waals surface area contributed by atoms with E-state index in [-0.39, 0.29) is 24.5 Å². The highest BCUT2D eigenvalue weighted by Gasteiger charge is 2.25. The number of nitrogen functional groups attached to an aromatic ring is 1. The van der Waals surface area contributed by atoms with Crippen LogP contribution in [0.25, 0.3) is 0 Å². The molecule has 9 heteroatoms. The fourth-order valence-corrected chi connectivity index (χ4v) is 3.38. The summed E-state index contributed by atoms with van der Waals surface area (Å²) in [7, 11) is 1.47. The molecule has 1 aliphatic heterocycles. The van der Waals surface area contributed by atoms with E-state index in [4.69, 9.17) is 31.9 Å². The number of rotatable bonds is 9. The van der Waals surface area contributed by atoms with Crippen LogP contribution in [0.4, 0.5) is 5.69 Å². The Morgan fingerprint density at radius 3 is 2.93 bits per heavy atom. The molecule has 0 aliphatic carbocycles. The number of carboxylic acids is 1. The van der Waals surface area contributed by atoms with Crippen LogP contribution in [0.1, 0.15) is 36.5 Å². The summed E-state index contributed by atoms with van der Waals surface area (Å²) in [5, 5.41) is 11.9. The first-order chi connectivity index (χ1) is 13.3. The van der Waals surface area contributed by atoms with Gasteiger partial charge in [0.2, 0.25) is 0 Å². The minimum atomic E-state index is -0.770. The van der Waals surface area contributed by atoms with Gasteiger partial charge in [0, 0.05) is 38.2 Å². The molecule has 2 rings (SSSR count). The zero-order valence-electron chi connectivity index (χ0n) is 16.2. The minimum Gasteiger partial charge on any atom is -0.496 e. The third kappa shape index (κ3) is 6.25. The van der Waals surface area contributed by atoms with Crippen molar-refractivity contribution in [2.45, 2.75) is 38.3 Å². The third-order valence-corrected chi connectivity index (χ3v) is 5.19. The molecule has 1 aliphatic rings. The average Bonchev–Trinajstić information content (AvgIpc) is 2.67. The van der Waals surface area contributed by atoms with Crippen molar-refractivity contribution in [3.8, 4) is 5.75 Å². The Bertz CT molecular complexity index is 700. The Balaban J connectivity index is 1.87. The van der Waals surface area contributed by atoms with Crippen molar-refractivity contribution < 1.29 is 24.2 Å². The Labute approximate surface area is 169 Å². The van der Waals surface area contributed by atoms with Crippen LogP contribution in [-0.4, -0.2) is 67.4 Å². The van der Waals surface area contributed by atoms with E-state index in [1.807, 2.05) is 0 Å². The fourth-order valence-electron chi connectivity index (χ4n) is 3.21. The molecule has 0 radical (unpaired) electrons. The van der Waals surface area contributed by atoms with E-state index >= 15 is 0 Å². The van der Waals surface area contributed by atoms with Gasteiger partial charge in [0.05, 0.1) is 36.1 Å². The van der Waals surface area contributed by atoms with Crippen LogP contribution in [0, 0.1) is 0 Å². The van der Waals surface area contributed by atoms with Gasteiger partial charge >= 0.3 is 5.97 Å². The van der Waals surface area contributed by atoms with Gasteiger partial charge < -0.3 is 25.6 Å². The quantitative estimate of drug-likeness (QED) is 0.530. The topological polar surface area (TPSA) is 114 Å². The molecule has 0 aromatic heterocycles. The first-order valence-corrected chi connectivity index (χ1v) is 9.68. The molecule has 0 spiro atoms. The number of nitrogens with two attached hydrogens (primary N) is 1. The molecule has 28 heavy (non-hydrogen) atoms. The Hall–Kier alpha value is -2.03. The van der Waals surface area contributed by atoms with E-state index in [2.05, 4.69) is 17.1 Å². The molecule has 0 bridgehead atoms. The molecule has 1 unspecified atom stereocenters. The molecule has 1 aromatic carbocycles. The van der Waals surface area contributed by atoms with Crippen LogP contribution in [0.3, 0.4) is 0 Å². The largest absolute Gasteiger partial charge is 0.496 e. The van der Waals surface area contributed by atoms with Crippen molar-refractivity contribution in [2.24, 2.45) is 0 Å². The summed E-state index contributed by atoms with van der Waals surface area (Å²) < 4.78 is 11.0. The molecule has 1 fully saturated rings. The molecular formula is C19H28ClN3O5. The second-order valence-corrected chi connectivity index (χ2v) is 7.31. The average molecular weight is 414 g/mol. The summed E-state index contributed by atoms with van der Waals surface area (Å²) in [6.07, 6.45) is 1.49. The Kier molecular flexibility index (Phi) is 8.35. The van der Waals surface area contributed by atoms with E-state index in [9.17, 15) is 9.59 Å². The molecule has 156 valence electrons.